The first-order valence-corrected chi connectivity index (χ1v) is 8.01. The van der Waals surface area contributed by atoms with E-state index in [1.54, 1.807) is 0 Å². The van der Waals surface area contributed by atoms with Crippen molar-refractivity contribution < 1.29 is 9.18 Å². The van der Waals surface area contributed by atoms with E-state index >= 15 is 0 Å². The Labute approximate surface area is 138 Å². The van der Waals surface area contributed by atoms with Crippen LogP contribution in [0.3, 0.4) is 0 Å². The molecule has 0 aliphatic carbocycles. The zero-order chi connectivity index (χ0) is 14.9. The third-order valence-corrected chi connectivity index (χ3v) is 4.94. The van der Waals surface area contributed by atoms with Crippen LogP contribution in [-0.2, 0) is 13.0 Å². The van der Waals surface area contributed by atoms with Crippen LogP contribution in [0.2, 0.25) is 0 Å². The maximum atomic E-state index is 13.1. The van der Waals surface area contributed by atoms with E-state index in [2.05, 4.69) is 21.0 Å². The number of aromatic nitrogens is 2. The number of rotatable bonds is 4. The van der Waals surface area contributed by atoms with E-state index in [1.807, 2.05) is 41.1 Å². The van der Waals surface area contributed by atoms with E-state index in [4.69, 9.17) is 0 Å². The van der Waals surface area contributed by atoms with Crippen molar-refractivity contribution in [2.24, 2.45) is 0 Å². The molecule has 0 atom stereocenters. The van der Waals surface area contributed by atoms with Gasteiger partial charge in [0.25, 0.3) is 0 Å². The van der Waals surface area contributed by atoms with Crippen molar-refractivity contribution in [3.05, 3.63) is 49.0 Å². The minimum atomic E-state index is -0.332. The number of hydrogen-bond acceptors (Lipinski definition) is 2. The van der Waals surface area contributed by atoms with Gasteiger partial charge in [-0.1, -0.05) is 0 Å². The Morgan fingerprint density at radius 3 is 2.80 bits per heavy atom. The average molecular weight is 451 g/mol. The number of halogens is 3. The molecule has 1 aromatic heterocycles. The zero-order valence-electron chi connectivity index (χ0n) is 11.1. The van der Waals surface area contributed by atoms with Gasteiger partial charge < -0.3 is 0 Å². The number of benzene rings is 1. The molecule has 3 nitrogen and oxygen atoms in total. The summed E-state index contributed by atoms with van der Waals surface area (Å²) >= 11 is 5.46. The van der Waals surface area contributed by atoms with Crippen molar-refractivity contribution in [1.29, 1.82) is 0 Å². The lowest BCUT2D eigenvalue weighted by atomic mass is 10.1. The highest BCUT2D eigenvalue weighted by Crippen LogP contribution is 2.24. The highest BCUT2D eigenvalue weighted by molar-refractivity contribution is 14.1. The summed E-state index contributed by atoms with van der Waals surface area (Å²) in [6.45, 7) is 4.58. The van der Waals surface area contributed by atoms with Gasteiger partial charge in [-0.3, -0.25) is 9.48 Å². The minimum Gasteiger partial charge on any atom is -0.294 e. The van der Waals surface area contributed by atoms with Crippen molar-refractivity contribution in [2.75, 3.05) is 0 Å². The van der Waals surface area contributed by atoms with Crippen LogP contribution in [0.5, 0.6) is 0 Å². The van der Waals surface area contributed by atoms with E-state index in [0.29, 0.717) is 15.7 Å². The van der Waals surface area contributed by atoms with Crippen LogP contribution < -0.4 is 0 Å². The van der Waals surface area contributed by atoms with Crippen LogP contribution in [0, 0.1) is 16.3 Å². The van der Waals surface area contributed by atoms with Crippen molar-refractivity contribution >= 4 is 44.3 Å². The number of aryl methyl sites for hydroxylation is 2. The molecule has 1 heterocycles. The van der Waals surface area contributed by atoms with Crippen LogP contribution >= 0.6 is 38.5 Å². The third-order valence-electron chi connectivity index (χ3n) is 3.01. The van der Waals surface area contributed by atoms with E-state index in [9.17, 15) is 9.18 Å². The molecule has 0 bridgehead atoms. The van der Waals surface area contributed by atoms with Crippen LogP contribution in [0.15, 0.2) is 22.7 Å². The number of carbonyl (C=O) groups excluding carboxylic acids is 1. The van der Waals surface area contributed by atoms with Crippen LogP contribution in [0.4, 0.5) is 4.39 Å². The molecule has 6 heteroatoms. The first-order chi connectivity index (χ1) is 9.43. The summed E-state index contributed by atoms with van der Waals surface area (Å²) in [5.74, 6) is -0.369. The van der Waals surface area contributed by atoms with E-state index in [0.717, 1.165) is 15.9 Å². The molecule has 0 spiro atoms. The first-order valence-electron chi connectivity index (χ1n) is 6.14. The summed E-state index contributed by atoms with van der Waals surface area (Å²) in [7, 11) is 0. The van der Waals surface area contributed by atoms with E-state index < -0.39 is 0 Å². The van der Waals surface area contributed by atoms with Gasteiger partial charge in [0.2, 0.25) is 0 Å². The molecule has 0 N–H and O–H groups in total. The van der Waals surface area contributed by atoms with Gasteiger partial charge in [-0.25, -0.2) is 4.39 Å². The monoisotopic (exact) mass is 450 g/mol. The van der Waals surface area contributed by atoms with Crippen molar-refractivity contribution in [2.45, 2.75) is 26.8 Å². The third kappa shape index (κ3) is 3.11. The molecule has 2 rings (SSSR count). The molecule has 0 saturated heterocycles. The topological polar surface area (TPSA) is 34.9 Å². The Balaban J connectivity index is 2.32. The summed E-state index contributed by atoms with van der Waals surface area (Å²) in [6.07, 6.45) is 0.247. The van der Waals surface area contributed by atoms with Crippen LogP contribution in [-0.4, -0.2) is 15.6 Å². The second kappa shape index (κ2) is 6.34. The van der Waals surface area contributed by atoms with Gasteiger partial charge in [0, 0.05) is 15.7 Å². The first kappa shape index (κ1) is 15.6. The average Bonchev–Trinajstić information content (AvgIpc) is 2.66. The number of hydrogen-bond donors (Lipinski definition) is 0. The van der Waals surface area contributed by atoms with Gasteiger partial charge in [-0.2, -0.15) is 5.10 Å². The molecule has 1 aromatic carbocycles. The molecule has 0 unspecified atom stereocenters. The summed E-state index contributed by atoms with van der Waals surface area (Å²) in [6, 6.07) is 4.21. The number of carbonyl (C=O) groups is 1. The molecule has 0 radical (unpaired) electrons. The predicted octanol–water partition coefficient (Wildman–Crippen LogP) is 4.14. The van der Waals surface area contributed by atoms with Crippen molar-refractivity contribution in [3.63, 3.8) is 0 Å². The Kier molecular flexibility index (Phi) is 4.95. The fraction of sp³-hybridized carbons (Fsp3) is 0.286. The molecule has 0 saturated carbocycles. The normalized spacial score (nSPS) is 10.8. The van der Waals surface area contributed by atoms with Crippen LogP contribution in [0.25, 0.3) is 0 Å². The van der Waals surface area contributed by atoms with Gasteiger partial charge in [0.1, 0.15) is 5.82 Å². The maximum Gasteiger partial charge on any atom is 0.169 e. The van der Waals surface area contributed by atoms with Gasteiger partial charge >= 0.3 is 0 Å². The van der Waals surface area contributed by atoms with Gasteiger partial charge in [0.15, 0.2) is 5.78 Å². The van der Waals surface area contributed by atoms with Crippen molar-refractivity contribution in [3.8, 4) is 0 Å². The smallest absolute Gasteiger partial charge is 0.169 e. The quantitative estimate of drug-likeness (QED) is 0.518. The molecule has 0 fully saturated rings. The summed E-state index contributed by atoms with van der Waals surface area (Å²) in [4.78, 5) is 12.4. The standard InChI is InChI=1S/C14H13BrFIN2O/c1-3-19-12(14(15)8(2)18-19)7-13(20)10-5-4-9(16)6-11(10)17/h4-6H,3,7H2,1-2H3. The van der Waals surface area contributed by atoms with Crippen LogP contribution in [0.1, 0.15) is 28.7 Å². The fourth-order valence-corrected chi connectivity index (χ4v) is 3.20. The lowest BCUT2D eigenvalue weighted by Gasteiger charge is -2.07. The summed E-state index contributed by atoms with van der Waals surface area (Å²) in [5, 5.41) is 4.37. The fourth-order valence-electron chi connectivity index (χ4n) is 2.00. The molecule has 0 aliphatic rings. The highest BCUT2D eigenvalue weighted by Gasteiger charge is 2.18. The lowest BCUT2D eigenvalue weighted by Crippen LogP contribution is -2.11. The lowest BCUT2D eigenvalue weighted by molar-refractivity contribution is 0.0989. The Morgan fingerprint density at radius 2 is 2.20 bits per heavy atom. The van der Waals surface area contributed by atoms with Gasteiger partial charge in [-0.15, -0.1) is 0 Å². The number of ketones is 1. The largest absolute Gasteiger partial charge is 0.294 e. The molecule has 106 valence electrons. The van der Waals surface area contributed by atoms with Crippen molar-refractivity contribution in [1.82, 2.24) is 9.78 Å². The maximum absolute atomic E-state index is 13.1. The Bertz CT molecular complexity index is 669. The van der Waals surface area contributed by atoms with Gasteiger partial charge in [-0.05, 0) is 70.6 Å². The van der Waals surface area contributed by atoms with Gasteiger partial charge in [0.05, 0.1) is 22.3 Å². The SMILES string of the molecule is CCn1nc(C)c(Br)c1CC(=O)c1ccc(F)cc1I. The zero-order valence-corrected chi connectivity index (χ0v) is 14.8. The highest BCUT2D eigenvalue weighted by atomic mass is 127. The molecule has 2 aromatic rings. The molecule has 0 aliphatic heterocycles. The molecule has 0 amide bonds. The minimum absolute atomic E-state index is 0.0373. The summed E-state index contributed by atoms with van der Waals surface area (Å²) < 4.78 is 16.4. The van der Waals surface area contributed by atoms with E-state index in [-0.39, 0.29) is 18.0 Å². The number of Topliss-reactive ketones (excluding diaryl/α,β-unsaturated/α-hetero) is 1. The van der Waals surface area contributed by atoms with E-state index in [1.165, 1.54) is 18.2 Å². The predicted molar refractivity (Wildman–Crippen MR) is 87.5 cm³/mol. The Hall–Kier alpha value is -0.760. The second-order valence-electron chi connectivity index (χ2n) is 4.39. The number of nitrogens with zero attached hydrogens (tertiary/aromatic N) is 2. The summed E-state index contributed by atoms with van der Waals surface area (Å²) in [5.41, 5.74) is 2.26. The molecular weight excluding hydrogens is 438 g/mol. The Morgan fingerprint density at radius 1 is 1.50 bits per heavy atom. The molecular formula is C14H13BrFIN2O. The molecule has 20 heavy (non-hydrogen) atoms. The second-order valence-corrected chi connectivity index (χ2v) is 6.34.